The van der Waals surface area contributed by atoms with Gasteiger partial charge in [-0.1, -0.05) is 19.1 Å². The molecule has 1 N–H and O–H groups in total. The molecule has 2 aromatic rings. The van der Waals surface area contributed by atoms with E-state index in [2.05, 4.69) is 4.72 Å². The second kappa shape index (κ2) is 7.72. The van der Waals surface area contributed by atoms with Crippen LogP contribution in [0.1, 0.15) is 12.5 Å². The third-order valence-electron chi connectivity index (χ3n) is 3.32. The van der Waals surface area contributed by atoms with E-state index in [1.54, 1.807) is 62.6 Å². The summed E-state index contributed by atoms with van der Waals surface area (Å²) in [6.07, 6.45) is 0.860. The van der Waals surface area contributed by atoms with Crippen molar-refractivity contribution in [2.24, 2.45) is 0 Å². The van der Waals surface area contributed by atoms with Crippen LogP contribution in [0.4, 0.5) is 10.5 Å². The minimum atomic E-state index is -3.62. The van der Waals surface area contributed by atoms with Crippen LogP contribution in [0.2, 0.25) is 0 Å². The van der Waals surface area contributed by atoms with Crippen molar-refractivity contribution in [3.63, 3.8) is 0 Å². The number of benzene rings is 2. The first-order chi connectivity index (χ1) is 11.3. The van der Waals surface area contributed by atoms with E-state index >= 15 is 0 Å². The van der Waals surface area contributed by atoms with E-state index in [9.17, 15) is 13.2 Å². The molecule has 0 atom stereocenters. The number of nitrogens with one attached hydrogen (secondary N) is 1. The molecular formula is C17H20N2O3S2. The smallest absolute Gasteiger partial charge is 0.285 e. The Morgan fingerprint density at radius 3 is 2.12 bits per heavy atom. The average Bonchev–Trinajstić information content (AvgIpc) is 2.56. The van der Waals surface area contributed by atoms with E-state index < -0.39 is 10.0 Å². The van der Waals surface area contributed by atoms with Gasteiger partial charge >= 0.3 is 0 Å². The summed E-state index contributed by atoms with van der Waals surface area (Å²) in [6, 6.07) is 13.5. The number of sulfonamides is 1. The quantitative estimate of drug-likeness (QED) is 0.819. The van der Waals surface area contributed by atoms with Gasteiger partial charge in [0.1, 0.15) is 0 Å². The molecule has 24 heavy (non-hydrogen) atoms. The molecule has 0 spiro atoms. The molecule has 0 saturated carbocycles. The van der Waals surface area contributed by atoms with Gasteiger partial charge < -0.3 is 4.90 Å². The molecule has 0 radical (unpaired) electrons. The predicted molar refractivity (Wildman–Crippen MR) is 98.0 cm³/mol. The van der Waals surface area contributed by atoms with Crippen LogP contribution in [-0.2, 0) is 16.4 Å². The maximum Gasteiger partial charge on any atom is 0.285 e. The Balaban J connectivity index is 2.10. The summed E-state index contributed by atoms with van der Waals surface area (Å²) in [4.78, 5) is 14.1. The number of rotatable bonds is 5. The van der Waals surface area contributed by atoms with Crippen LogP contribution in [-0.4, -0.2) is 32.7 Å². The SMILES string of the molecule is CCc1ccc(S(=O)(=O)Nc2ccc(SC(=O)N(C)C)cc2)cc1. The van der Waals surface area contributed by atoms with Gasteiger partial charge in [-0.25, -0.2) is 8.42 Å². The largest absolute Gasteiger partial charge is 0.339 e. The maximum atomic E-state index is 12.4. The number of carbonyl (C=O) groups is 1. The molecule has 0 heterocycles. The monoisotopic (exact) mass is 364 g/mol. The molecule has 2 aromatic carbocycles. The highest BCUT2D eigenvalue weighted by molar-refractivity contribution is 8.13. The van der Waals surface area contributed by atoms with Crippen LogP contribution < -0.4 is 4.72 Å². The van der Waals surface area contributed by atoms with E-state index in [1.807, 2.05) is 6.92 Å². The van der Waals surface area contributed by atoms with Crippen molar-refractivity contribution in [1.29, 1.82) is 0 Å². The molecule has 1 amide bonds. The second-order valence-electron chi connectivity index (χ2n) is 5.39. The molecule has 0 aromatic heterocycles. The molecule has 128 valence electrons. The number of thioether (sulfide) groups is 1. The number of aryl methyl sites for hydroxylation is 1. The van der Waals surface area contributed by atoms with Crippen LogP contribution in [0.5, 0.6) is 0 Å². The zero-order valence-electron chi connectivity index (χ0n) is 13.8. The highest BCUT2D eigenvalue weighted by Crippen LogP contribution is 2.24. The lowest BCUT2D eigenvalue weighted by Crippen LogP contribution is -2.16. The lowest BCUT2D eigenvalue weighted by Gasteiger charge is -2.11. The summed E-state index contributed by atoms with van der Waals surface area (Å²) in [5.74, 6) is 0. The van der Waals surface area contributed by atoms with E-state index in [-0.39, 0.29) is 10.1 Å². The van der Waals surface area contributed by atoms with E-state index in [0.717, 1.165) is 28.6 Å². The number of carbonyl (C=O) groups excluding carboxylic acids is 1. The molecular weight excluding hydrogens is 344 g/mol. The van der Waals surface area contributed by atoms with Crippen molar-refractivity contribution in [2.75, 3.05) is 18.8 Å². The van der Waals surface area contributed by atoms with Crippen LogP contribution in [0, 0.1) is 0 Å². The van der Waals surface area contributed by atoms with Crippen molar-refractivity contribution >= 4 is 32.7 Å². The van der Waals surface area contributed by atoms with Gasteiger partial charge in [0.25, 0.3) is 15.3 Å². The summed E-state index contributed by atoms with van der Waals surface area (Å²) in [5, 5.41) is -0.0839. The van der Waals surface area contributed by atoms with Crippen molar-refractivity contribution in [2.45, 2.75) is 23.1 Å². The average molecular weight is 364 g/mol. The first kappa shape index (κ1) is 18.4. The van der Waals surface area contributed by atoms with Crippen LogP contribution >= 0.6 is 11.8 Å². The van der Waals surface area contributed by atoms with Crippen molar-refractivity contribution in [3.05, 3.63) is 54.1 Å². The lowest BCUT2D eigenvalue weighted by atomic mass is 10.2. The predicted octanol–water partition coefficient (Wildman–Crippen LogP) is 3.82. The summed E-state index contributed by atoms with van der Waals surface area (Å²) in [6.45, 7) is 2.02. The van der Waals surface area contributed by atoms with Gasteiger partial charge in [-0.2, -0.15) is 0 Å². The summed E-state index contributed by atoms with van der Waals surface area (Å²) in [5.41, 5.74) is 1.54. The zero-order valence-corrected chi connectivity index (χ0v) is 15.4. The van der Waals surface area contributed by atoms with Gasteiger partial charge in [0, 0.05) is 24.7 Å². The van der Waals surface area contributed by atoms with Gasteiger partial charge in [0.15, 0.2) is 0 Å². The van der Waals surface area contributed by atoms with E-state index in [1.165, 1.54) is 4.90 Å². The normalized spacial score (nSPS) is 11.1. The molecule has 0 aliphatic rings. The molecule has 0 saturated heterocycles. The molecule has 0 aliphatic heterocycles. The van der Waals surface area contributed by atoms with Crippen molar-refractivity contribution in [3.8, 4) is 0 Å². The lowest BCUT2D eigenvalue weighted by molar-refractivity contribution is 0.241. The standard InChI is InChI=1S/C17H20N2O3S2/c1-4-13-5-11-16(12-6-13)24(21,22)18-14-7-9-15(10-8-14)23-17(20)19(2)3/h5-12,18H,4H2,1-3H3. The fraction of sp³-hybridized carbons (Fsp3) is 0.235. The number of anilines is 1. The van der Waals surface area contributed by atoms with Crippen LogP contribution in [0.25, 0.3) is 0 Å². The molecule has 0 unspecified atom stereocenters. The third kappa shape index (κ3) is 4.75. The molecule has 2 rings (SSSR count). The molecule has 7 heteroatoms. The van der Waals surface area contributed by atoms with Gasteiger partial charge in [-0.05, 0) is 60.1 Å². The first-order valence-electron chi connectivity index (χ1n) is 7.43. The summed E-state index contributed by atoms with van der Waals surface area (Å²) in [7, 11) is -0.255. The number of hydrogen-bond donors (Lipinski definition) is 1. The highest BCUT2D eigenvalue weighted by Gasteiger charge is 2.14. The summed E-state index contributed by atoms with van der Waals surface area (Å²) >= 11 is 1.09. The Morgan fingerprint density at radius 2 is 1.62 bits per heavy atom. The molecule has 0 fully saturated rings. The Morgan fingerprint density at radius 1 is 1.04 bits per heavy atom. The van der Waals surface area contributed by atoms with Gasteiger partial charge in [0.05, 0.1) is 4.90 Å². The van der Waals surface area contributed by atoms with Gasteiger partial charge in [-0.15, -0.1) is 0 Å². The van der Waals surface area contributed by atoms with Crippen molar-refractivity contribution in [1.82, 2.24) is 4.90 Å². The van der Waals surface area contributed by atoms with Gasteiger partial charge in [-0.3, -0.25) is 9.52 Å². The van der Waals surface area contributed by atoms with Gasteiger partial charge in [0.2, 0.25) is 0 Å². The fourth-order valence-corrected chi connectivity index (χ4v) is 3.62. The summed E-state index contributed by atoms with van der Waals surface area (Å²) < 4.78 is 27.3. The van der Waals surface area contributed by atoms with Crippen molar-refractivity contribution < 1.29 is 13.2 Å². The Hall–Kier alpha value is -1.99. The number of nitrogens with zero attached hydrogens (tertiary/aromatic N) is 1. The zero-order chi connectivity index (χ0) is 17.7. The maximum absolute atomic E-state index is 12.4. The third-order valence-corrected chi connectivity index (χ3v) is 5.76. The molecule has 0 bridgehead atoms. The minimum Gasteiger partial charge on any atom is -0.339 e. The van der Waals surface area contributed by atoms with Crippen LogP contribution in [0.3, 0.4) is 0 Å². The van der Waals surface area contributed by atoms with Crippen LogP contribution in [0.15, 0.2) is 58.3 Å². The number of hydrogen-bond acceptors (Lipinski definition) is 4. The Bertz CT molecular complexity index is 799. The molecule has 5 nitrogen and oxygen atoms in total. The topological polar surface area (TPSA) is 66.5 Å². The Kier molecular flexibility index (Phi) is 5.90. The highest BCUT2D eigenvalue weighted by atomic mass is 32.2. The second-order valence-corrected chi connectivity index (χ2v) is 8.10. The Labute approximate surface area is 147 Å². The minimum absolute atomic E-state index is 0.0839. The van der Waals surface area contributed by atoms with E-state index in [4.69, 9.17) is 0 Å². The first-order valence-corrected chi connectivity index (χ1v) is 9.73. The van der Waals surface area contributed by atoms with E-state index in [0.29, 0.717) is 5.69 Å². The number of amides is 1. The molecule has 0 aliphatic carbocycles. The fourth-order valence-electron chi connectivity index (χ4n) is 1.90.